The van der Waals surface area contributed by atoms with E-state index in [-0.39, 0.29) is 5.84 Å². The summed E-state index contributed by atoms with van der Waals surface area (Å²) in [5.41, 5.74) is 6.08. The summed E-state index contributed by atoms with van der Waals surface area (Å²) >= 11 is 1.37. The van der Waals surface area contributed by atoms with Gasteiger partial charge in [-0.3, -0.25) is 5.41 Å². The molecule has 0 aliphatic heterocycles. The van der Waals surface area contributed by atoms with Crippen LogP contribution in [0.1, 0.15) is 16.5 Å². The first-order valence-electron chi connectivity index (χ1n) is 6.87. The van der Waals surface area contributed by atoms with Crippen LogP contribution in [0.25, 0.3) is 10.1 Å². The minimum atomic E-state index is -1.07. The lowest BCUT2D eigenvalue weighted by molar-refractivity contribution is -0.145. The molecule has 0 aliphatic carbocycles. The Morgan fingerprint density at radius 1 is 1.17 bits per heavy atom. The monoisotopic (exact) mass is 326 g/mol. The smallest absolute Gasteiger partial charge is 0.349 e. The Kier molecular flexibility index (Phi) is 3.99. The van der Waals surface area contributed by atoms with Gasteiger partial charge in [0.05, 0.1) is 4.88 Å². The number of hydrogen-bond acceptors (Lipinski definition) is 4. The Morgan fingerprint density at radius 2 is 1.91 bits per heavy atom. The second kappa shape index (κ2) is 6.10. The van der Waals surface area contributed by atoms with Crippen molar-refractivity contribution in [1.82, 2.24) is 0 Å². The Hall–Kier alpha value is -2.86. The predicted octanol–water partition coefficient (Wildman–Crippen LogP) is 3.39. The SMILES string of the molecule is N=C(N)c1cc2ccc(OC(C(=O)O)c3ccccc3)cc2s1. The van der Waals surface area contributed by atoms with Crippen molar-refractivity contribution in [3.05, 3.63) is 65.0 Å². The van der Waals surface area contributed by atoms with Gasteiger partial charge in [0.25, 0.3) is 0 Å². The molecule has 1 atom stereocenters. The van der Waals surface area contributed by atoms with Crippen LogP contribution >= 0.6 is 11.3 Å². The molecule has 6 heteroatoms. The fourth-order valence-corrected chi connectivity index (χ4v) is 3.20. The molecule has 116 valence electrons. The Labute approximate surface area is 136 Å². The zero-order valence-corrected chi connectivity index (χ0v) is 12.8. The van der Waals surface area contributed by atoms with Crippen molar-refractivity contribution in [1.29, 1.82) is 5.41 Å². The topological polar surface area (TPSA) is 96.4 Å². The molecule has 0 amide bonds. The third-order valence-electron chi connectivity index (χ3n) is 3.34. The van der Waals surface area contributed by atoms with Crippen molar-refractivity contribution in [2.45, 2.75) is 6.10 Å². The first kappa shape index (κ1) is 15.1. The van der Waals surface area contributed by atoms with Crippen LogP contribution in [0.2, 0.25) is 0 Å². The number of benzene rings is 2. The Bertz CT molecular complexity index is 874. The molecule has 0 saturated heterocycles. The molecule has 1 heterocycles. The zero-order chi connectivity index (χ0) is 16.4. The molecule has 0 bridgehead atoms. The van der Waals surface area contributed by atoms with Crippen LogP contribution < -0.4 is 10.5 Å². The van der Waals surface area contributed by atoms with Gasteiger partial charge < -0.3 is 15.6 Å². The second-order valence-corrected chi connectivity index (χ2v) is 6.05. The van der Waals surface area contributed by atoms with Gasteiger partial charge in [-0.15, -0.1) is 11.3 Å². The average molecular weight is 326 g/mol. The van der Waals surface area contributed by atoms with Crippen molar-refractivity contribution in [2.24, 2.45) is 5.73 Å². The number of hydrogen-bond donors (Lipinski definition) is 3. The molecule has 0 spiro atoms. The maximum atomic E-state index is 11.5. The van der Waals surface area contributed by atoms with E-state index in [0.29, 0.717) is 16.2 Å². The van der Waals surface area contributed by atoms with Gasteiger partial charge in [0.2, 0.25) is 6.10 Å². The molecule has 23 heavy (non-hydrogen) atoms. The lowest BCUT2D eigenvalue weighted by atomic mass is 10.1. The summed E-state index contributed by atoms with van der Waals surface area (Å²) in [7, 11) is 0. The third-order valence-corrected chi connectivity index (χ3v) is 4.47. The molecule has 5 nitrogen and oxygen atoms in total. The van der Waals surface area contributed by atoms with E-state index in [2.05, 4.69) is 0 Å². The van der Waals surface area contributed by atoms with Gasteiger partial charge in [-0.05, 0) is 29.7 Å². The molecule has 1 unspecified atom stereocenters. The Balaban J connectivity index is 1.92. The van der Waals surface area contributed by atoms with Crippen LogP contribution in [0.5, 0.6) is 5.75 Å². The molecule has 2 aromatic carbocycles. The summed E-state index contributed by atoms with van der Waals surface area (Å²) in [4.78, 5) is 12.2. The number of carbonyl (C=O) groups is 1. The van der Waals surface area contributed by atoms with Crippen LogP contribution in [0.15, 0.2) is 54.6 Å². The normalized spacial score (nSPS) is 12.0. The van der Waals surface area contributed by atoms with E-state index >= 15 is 0 Å². The third kappa shape index (κ3) is 3.17. The molecule has 3 aromatic rings. The van der Waals surface area contributed by atoms with Crippen LogP contribution in [0.3, 0.4) is 0 Å². The summed E-state index contributed by atoms with van der Waals surface area (Å²) < 4.78 is 6.56. The zero-order valence-electron chi connectivity index (χ0n) is 12.0. The maximum absolute atomic E-state index is 11.5. The molecule has 0 radical (unpaired) electrons. The van der Waals surface area contributed by atoms with E-state index in [4.69, 9.17) is 15.9 Å². The summed E-state index contributed by atoms with van der Waals surface area (Å²) in [6.45, 7) is 0. The number of amidine groups is 1. The first-order chi connectivity index (χ1) is 11.0. The summed E-state index contributed by atoms with van der Waals surface area (Å²) in [5, 5.41) is 17.8. The lowest BCUT2D eigenvalue weighted by Crippen LogP contribution is -2.18. The van der Waals surface area contributed by atoms with E-state index in [1.165, 1.54) is 11.3 Å². The molecule has 0 saturated carbocycles. The number of nitrogens with two attached hydrogens (primary N) is 1. The highest BCUT2D eigenvalue weighted by atomic mass is 32.1. The van der Waals surface area contributed by atoms with Crippen molar-refractivity contribution in [3.63, 3.8) is 0 Å². The quantitative estimate of drug-likeness (QED) is 0.494. The predicted molar refractivity (Wildman–Crippen MR) is 90.3 cm³/mol. The van der Waals surface area contributed by atoms with Crippen molar-refractivity contribution in [3.8, 4) is 5.75 Å². The fourth-order valence-electron chi connectivity index (χ4n) is 2.24. The van der Waals surface area contributed by atoms with Gasteiger partial charge in [0.15, 0.2) is 0 Å². The summed E-state index contributed by atoms with van der Waals surface area (Å²) in [6, 6.07) is 16.0. The number of carboxylic acids is 1. The number of carboxylic acid groups (broad SMARTS) is 1. The van der Waals surface area contributed by atoms with Gasteiger partial charge in [0.1, 0.15) is 11.6 Å². The number of nitrogens with one attached hydrogen (secondary N) is 1. The Morgan fingerprint density at radius 3 is 2.57 bits per heavy atom. The molecule has 3 rings (SSSR count). The largest absolute Gasteiger partial charge is 0.478 e. The lowest BCUT2D eigenvalue weighted by Gasteiger charge is -2.15. The van der Waals surface area contributed by atoms with Crippen molar-refractivity contribution in [2.75, 3.05) is 0 Å². The highest BCUT2D eigenvalue weighted by Gasteiger charge is 2.21. The molecule has 1 aromatic heterocycles. The highest BCUT2D eigenvalue weighted by molar-refractivity contribution is 7.20. The van der Waals surface area contributed by atoms with Crippen LogP contribution in [-0.4, -0.2) is 16.9 Å². The van der Waals surface area contributed by atoms with E-state index in [1.54, 1.807) is 36.4 Å². The number of rotatable bonds is 5. The van der Waals surface area contributed by atoms with Crippen molar-refractivity contribution >= 4 is 33.2 Å². The van der Waals surface area contributed by atoms with Gasteiger partial charge >= 0.3 is 5.97 Å². The second-order valence-electron chi connectivity index (χ2n) is 4.97. The minimum absolute atomic E-state index is 0.0152. The van der Waals surface area contributed by atoms with E-state index < -0.39 is 12.1 Å². The number of nitrogen functional groups attached to an aromatic ring is 1. The van der Waals surface area contributed by atoms with E-state index in [9.17, 15) is 9.90 Å². The summed E-state index contributed by atoms with van der Waals surface area (Å²) in [5.74, 6) is -0.570. The number of thiophene rings is 1. The standard InChI is InChI=1S/C17H14N2O3S/c18-16(19)14-8-11-6-7-12(9-13(11)23-14)22-15(17(20)21)10-4-2-1-3-5-10/h1-9,15H,(H3,18,19)(H,20,21). The molecular formula is C17H14N2O3S. The number of fused-ring (bicyclic) bond motifs is 1. The van der Waals surface area contributed by atoms with Gasteiger partial charge in [-0.1, -0.05) is 30.3 Å². The first-order valence-corrected chi connectivity index (χ1v) is 7.68. The van der Waals surface area contributed by atoms with Gasteiger partial charge in [-0.25, -0.2) is 4.79 Å². The van der Waals surface area contributed by atoms with Gasteiger partial charge in [-0.2, -0.15) is 0 Å². The number of aliphatic carboxylic acids is 1. The van der Waals surface area contributed by atoms with Crippen LogP contribution in [-0.2, 0) is 4.79 Å². The van der Waals surface area contributed by atoms with Crippen LogP contribution in [0, 0.1) is 5.41 Å². The minimum Gasteiger partial charge on any atom is -0.478 e. The van der Waals surface area contributed by atoms with Crippen molar-refractivity contribution < 1.29 is 14.6 Å². The van der Waals surface area contributed by atoms with Crippen LogP contribution in [0.4, 0.5) is 0 Å². The fraction of sp³-hybridized carbons (Fsp3) is 0.0588. The molecule has 4 N–H and O–H groups in total. The molecule has 0 aliphatic rings. The van der Waals surface area contributed by atoms with Gasteiger partial charge in [0, 0.05) is 10.3 Å². The molecule has 0 fully saturated rings. The number of ether oxygens (including phenoxy) is 1. The maximum Gasteiger partial charge on any atom is 0.349 e. The average Bonchev–Trinajstić information content (AvgIpc) is 2.96. The molecular weight excluding hydrogens is 312 g/mol. The van der Waals surface area contributed by atoms with E-state index in [1.807, 2.05) is 18.2 Å². The summed E-state index contributed by atoms with van der Waals surface area (Å²) in [6.07, 6.45) is -1.07. The van der Waals surface area contributed by atoms with E-state index in [0.717, 1.165) is 10.1 Å². The highest BCUT2D eigenvalue weighted by Crippen LogP contribution is 2.31.